The van der Waals surface area contributed by atoms with Gasteiger partial charge in [0.05, 0.1) is 8.67 Å². The second-order valence-electron chi connectivity index (χ2n) is 4.56. The maximum absolute atomic E-state index is 6.14. The summed E-state index contributed by atoms with van der Waals surface area (Å²) in [4.78, 5) is 0. The fourth-order valence-corrected chi connectivity index (χ4v) is 3.63. The lowest BCUT2D eigenvalue weighted by Gasteiger charge is -2.15. The van der Waals surface area contributed by atoms with Gasteiger partial charge < -0.3 is 0 Å². The number of nitrogens with two attached hydrogens (primary N) is 1. The van der Waals surface area contributed by atoms with E-state index in [1.54, 1.807) is 0 Å². The topological polar surface area (TPSA) is 38.0 Å². The van der Waals surface area contributed by atoms with E-state index in [1.165, 1.54) is 49.9 Å². The van der Waals surface area contributed by atoms with Gasteiger partial charge in [-0.05, 0) is 12.5 Å². The zero-order valence-electron chi connectivity index (χ0n) is 10.8. The SMILES string of the molecule is CCCCCCCCC(NN)c1cc(Cl)sc1Cl. The molecule has 0 bridgehead atoms. The van der Waals surface area contributed by atoms with E-state index < -0.39 is 0 Å². The molecule has 1 aromatic rings. The van der Waals surface area contributed by atoms with Crippen LogP contribution in [0, 0.1) is 0 Å². The summed E-state index contributed by atoms with van der Waals surface area (Å²) in [6, 6.07) is 2.03. The zero-order chi connectivity index (χ0) is 13.4. The molecule has 0 aliphatic heterocycles. The summed E-state index contributed by atoms with van der Waals surface area (Å²) in [6.45, 7) is 2.23. The number of unbranched alkanes of at least 4 members (excludes halogenated alkanes) is 5. The van der Waals surface area contributed by atoms with E-state index in [-0.39, 0.29) is 6.04 Å². The normalized spacial score (nSPS) is 12.9. The summed E-state index contributed by atoms with van der Waals surface area (Å²) in [6.07, 6.45) is 8.71. The van der Waals surface area contributed by atoms with Gasteiger partial charge in [0.2, 0.25) is 0 Å². The van der Waals surface area contributed by atoms with Crippen molar-refractivity contribution >= 4 is 34.5 Å². The first-order valence-electron chi connectivity index (χ1n) is 6.59. The minimum absolute atomic E-state index is 0.118. The van der Waals surface area contributed by atoms with Crippen LogP contribution in [0.25, 0.3) is 0 Å². The van der Waals surface area contributed by atoms with Crippen molar-refractivity contribution in [1.29, 1.82) is 0 Å². The van der Waals surface area contributed by atoms with Crippen LogP contribution in [0.5, 0.6) is 0 Å². The lowest BCUT2D eigenvalue weighted by Crippen LogP contribution is -2.27. The molecular formula is C13H22Cl2N2S. The van der Waals surface area contributed by atoms with Gasteiger partial charge in [0.15, 0.2) is 0 Å². The van der Waals surface area contributed by atoms with Crippen molar-refractivity contribution in [3.05, 3.63) is 20.3 Å². The molecule has 1 aromatic heterocycles. The summed E-state index contributed by atoms with van der Waals surface area (Å²) in [5.74, 6) is 5.60. The van der Waals surface area contributed by atoms with Crippen LogP contribution in [0.1, 0.15) is 63.5 Å². The quantitative estimate of drug-likeness (QED) is 0.368. The van der Waals surface area contributed by atoms with E-state index in [2.05, 4.69) is 12.3 Å². The molecule has 1 heterocycles. The molecule has 5 heteroatoms. The van der Waals surface area contributed by atoms with Crippen LogP contribution >= 0.6 is 34.5 Å². The van der Waals surface area contributed by atoms with Crippen molar-refractivity contribution in [2.45, 2.75) is 57.9 Å². The van der Waals surface area contributed by atoms with Gasteiger partial charge >= 0.3 is 0 Å². The fourth-order valence-electron chi connectivity index (χ4n) is 2.05. The minimum Gasteiger partial charge on any atom is -0.271 e. The lowest BCUT2D eigenvalue weighted by molar-refractivity contribution is 0.478. The van der Waals surface area contributed by atoms with Crippen molar-refractivity contribution in [1.82, 2.24) is 5.43 Å². The Kier molecular flexibility index (Phi) is 8.27. The van der Waals surface area contributed by atoms with Crippen molar-refractivity contribution in [2.24, 2.45) is 5.84 Å². The van der Waals surface area contributed by atoms with E-state index >= 15 is 0 Å². The Hall–Kier alpha value is 0.200. The van der Waals surface area contributed by atoms with E-state index in [4.69, 9.17) is 29.0 Å². The van der Waals surface area contributed by atoms with E-state index in [9.17, 15) is 0 Å². The molecule has 0 aromatic carbocycles. The second kappa shape index (κ2) is 9.16. The van der Waals surface area contributed by atoms with Crippen LogP contribution in [0.2, 0.25) is 8.67 Å². The molecule has 0 saturated heterocycles. The summed E-state index contributed by atoms with van der Waals surface area (Å²) in [5, 5.41) is 0. The molecule has 2 nitrogen and oxygen atoms in total. The van der Waals surface area contributed by atoms with Crippen molar-refractivity contribution in [3.8, 4) is 0 Å². The maximum atomic E-state index is 6.14. The van der Waals surface area contributed by atoms with E-state index in [1.807, 2.05) is 6.07 Å². The highest BCUT2D eigenvalue weighted by molar-refractivity contribution is 7.20. The molecule has 0 saturated carbocycles. The predicted molar refractivity (Wildman–Crippen MR) is 82.4 cm³/mol. The van der Waals surface area contributed by atoms with Crippen molar-refractivity contribution < 1.29 is 0 Å². The van der Waals surface area contributed by atoms with Crippen LogP contribution in [-0.2, 0) is 0 Å². The van der Waals surface area contributed by atoms with Gasteiger partial charge in [0.1, 0.15) is 0 Å². The third-order valence-electron chi connectivity index (χ3n) is 3.11. The van der Waals surface area contributed by atoms with Gasteiger partial charge in [-0.15, -0.1) is 11.3 Å². The Bertz CT molecular complexity index is 342. The number of hydrogen-bond acceptors (Lipinski definition) is 3. The molecular weight excluding hydrogens is 287 g/mol. The van der Waals surface area contributed by atoms with E-state index in [0.29, 0.717) is 0 Å². The number of hydrazine groups is 1. The first kappa shape index (κ1) is 16.3. The highest BCUT2D eigenvalue weighted by Crippen LogP contribution is 2.36. The highest BCUT2D eigenvalue weighted by atomic mass is 35.5. The molecule has 1 atom stereocenters. The summed E-state index contributed by atoms with van der Waals surface area (Å²) < 4.78 is 1.46. The van der Waals surface area contributed by atoms with Gasteiger partial charge in [0.25, 0.3) is 0 Å². The smallest absolute Gasteiger partial charge is 0.0992 e. The number of thiophene rings is 1. The molecule has 3 N–H and O–H groups in total. The molecule has 104 valence electrons. The largest absolute Gasteiger partial charge is 0.271 e. The van der Waals surface area contributed by atoms with Crippen LogP contribution < -0.4 is 11.3 Å². The zero-order valence-corrected chi connectivity index (χ0v) is 13.2. The number of hydrogen-bond donors (Lipinski definition) is 2. The Balaban J connectivity index is 2.32. The summed E-state index contributed by atoms with van der Waals surface area (Å²) >= 11 is 13.5. The van der Waals surface area contributed by atoms with Gasteiger partial charge in [-0.25, -0.2) is 0 Å². The number of rotatable bonds is 9. The average molecular weight is 309 g/mol. The van der Waals surface area contributed by atoms with Gasteiger partial charge in [-0.2, -0.15) is 0 Å². The van der Waals surface area contributed by atoms with Crippen LogP contribution in [0.3, 0.4) is 0 Å². The Morgan fingerprint density at radius 1 is 1.22 bits per heavy atom. The number of halogens is 2. The summed E-state index contributed by atoms with van der Waals surface area (Å²) in [5.41, 5.74) is 3.87. The monoisotopic (exact) mass is 308 g/mol. The molecule has 0 radical (unpaired) electrons. The lowest BCUT2D eigenvalue weighted by atomic mass is 10.0. The second-order valence-corrected chi connectivity index (χ2v) is 6.84. The third kappa shape index (κ3) is 5.45. The Morgan fingerprint density at radius 3 is 2.44 bits per heavy atom. The Labute approximate surface area is 124 Å². The first-order chi connectivity index (χ1) is 8.69. The molecule has 1 rings (SSSR count). The van der Waals surface area contributed by atoms with Gasteiger partial charge in [-0.1, -0.05) is 68.7 Å². The van der Waals surface area contributed by atoms with Crippen molar-refractivity contribution in [3.63, 3.8) is 0 Å². The minimum atomic E-state index is 0.118. The molecule has 0 fully saturated rings. The molecule has 0 aliphatic rings. The van der Waals surface area contributed by atoms with Gasteiger partial charge in [0, 0.05) is 11.6 Å². The highest BCUT2D eigenvalue weighted by Gasteiger charge is 2.15. The van der Waals surface area contributed by atoms with Gasteiger partial charge in [-0.3, -0.25) is 11.3 Å². The summed E-state index contributed by atoms with van der Waals surface area (Å²) in [7, 11) is 0. The molecule has 18 heavy (non-hydrogen) atoms. The molecule has 0 spiro atoms. The molecule has 1 unspecified atom stereocenters. The maximum Gasteiger partial charge on any atom is 0.0992 e. The molecule has 0 aliphatic carbocycles. The first-order valence-corrected chi connectivity index (χ1v) is 8.17. The average Bonchev–Trinajstić information content (AvgIpc) is 2.68. The standard InChI is InChI=1S/C13H22Cl2N2S/c1-2-3-4-5-6-7-8-11(17-16)10-9-12(14)18-13(10)15/h9,11,17H,2-8,16H2,1H3. The molecule has 0 amide bonds. The predicted octanol–water partition coefficient (Wildman–Crippen LogP) is 5.31. The fraction of sp³-hybridized carbons (Fsp3) is 0.692. The number of nitrogens with one attached hydrogen (secondary N) is 1. The van der Waals surface area contributed by atoms with E-state index in [0.717, 1.165) is 20.7 Å². The Morgan fingerprint density at radius 2 is 1.89 bits per heavy atom. The van der Waals surface area contributed by atoms with Crippen LogP contribution in [0.15, 0.2) is 6.07 Å². The van der Waals surface area contributed by atoms with Crippen molar-refractivity contribution in [2.75, 3.05) is 0 Å². The van der Waals surface area contributed by atoms with Crippen LogP contribution in [0.4, 0.5) is 0 Å². The third-order valence-corrected chi connectivity index (χ3v) is 4.62. The van der Waals surface area contributed by atoms with Crippen LogP contribution in [-0.4, -0.2) is 0 Å².